The summed E-state index contributed by atoms with van der Waals surface area (Å²) in [6.45, 7) is 1.73. The van der Waals surface area contributed by atoms with Crippen molar-refractivity contribution in [1.29, 1.82) is 0 Å². The van der Waals surface area contributed by atoms with Crippen molar-refractivity contribution in [2.75, 3.05) is 11.1 Å². The van der Waals surface area contributed by atoms with E-state index in [9.17, 15) is 19.3 Å². The van der Waals surface area contributed by atoms with E-state index in [4.69, 9.17) is 4.42 Å². The summed E-state index contributed by atoms with van der Waals surface area (Å²) in [5, 5.41) is 21.2. The maximum atomic E-state index is 13.2. The van der Waals surface area contributed by atoms with E-state index in [1.807, 2.05) is 0 Å². The van der Waals surface area contributed by atoms with Gasteiger partial charge < -0.3 is 9.73 Å². The first-order chi connectivity index (χ1) is 12.9. The summed E-state index contributed by atoms with van der Waals surface area (Å²) in [5.74, 6) is -0.694. The number of thioether (sulfide) groups is 1. The van der Waals surface area contributed by atoms with Crippen molar-refractivity contribution in [1.82, 2.24) is 10.2 Å². The summed E-state index contributed by atoms with van der Waals surface area (Å²) < 4.78 is 18.6. The normalized spacial score (nSPS) is 10.6. The number of amides is 1. The molecule has 0 spiro atoms. The number of nitro benzene ring substituents is 1. The minimum Gasteiger partial charge on any atom is -0.411 e. The summed E-state index contributed by atoms with van der Waals surface area (Å²) >= 11 is 1.00. The minimum absolute atomic E-state index is 0.0348. The van der Waals surface area contributed by atoms with Gasteiger partial charge in [-0.15, -0.1) is 10.2 Å². The van der Waals surface area contributed by atoms with Gasteiger partial charge in [-0.25, -0.2) is 4.39 Å². The lowest BCUT2D eigenvalue weighted by Crippen LogP contribution is -2.15. The van der Waals surface area contributed by atoms with Crippen molar-refractivity contribution in [2.24, 2.45) is 0 Å². The van der Waals surface area contributed by atoms with E-state index >= 15 is 0 Å². The van der Waals surface area contributed by atoms with Crippen LogP contribution in [0.1, 0.15) is 5.56 Å². The lowest BCUT2D eigenvalue weighted by atomic mass is 10.2. The van der Waals surface area contributed by atoms with Crippen LogP contribution in [0.25, 0.3) is 11.5 Å². The Morgan fingerprint density at radius 2 is 2.11 bits per heavy atom. The van der Waals surface area contributed by atoms with E-state index in [1.54, 1.807) is 19.1 Å². The Morgan fingerprint density at radius 1 is 1.30 bits per heavy atom. The Morgan fingerprint density at radius 3 is 2.85 bits per heavy atom. The molecule has 8 nitrogen and oxygen atoms in total. The van der Waals surface area contributed by atoms with Crippen LogP contribution in [0, 0.1) is 22.9 Å². The first-order valence-corrected chi connectivity index (χ1v) is 8.68. The molecule has 1 N–H and O–H groups in total. The molecule has 10 heteroatoms. The van der Waals surface area contributed by atoms with Crippen LogP contribution in [0.5, 0.6) is 0 Å². The van der Waals surface area contributed by atoms with Gasteiger partial charge in [0.05, 0.1) is 16.4 Å². The smallest absolute Gasteiger partial charge is 0.277 e. The molecule has 0 radical (unpaired) electrons. The van der Waals surface area contributed by atoms with Gasteiger partial charge in [-0.05, 0) is 30.7 Å². The molecule has 0 atom stereocenters. The second kappa shape index (κ2) is 7.96. The van der Waals surface area contributed by atoms with Gasteiger partial charge in [0, 0.05) is 17.7 Å². The molecule has 0 unspecified atom stereocenters. The maximum Gasteiger partial charge on any atom is 0.277 e. The highest BCUT2D eigenvalue weighted by Crippen LogP contribution is 2.25. The third kappa shape index (κ3) is 4.67. The van der Waals surface area contributed by atoms with Gasteiger partial charge in [-0.3, -0.25) is 14.9 Å². The van der Waals surface area contributed by atoms with Crippen molar-refractivity contribution in [2.45, 2.75) is 12.1 Å². The Labute approximate surface area is 156 Å². The van der Waals surface area contributed by atoms with E-state index < -0.39 is 10.7 Å². The Hall–Kier alpha value is -3.27. The molecule has 0 bridgehead atoms. The van der Waals surface area contributed by atoms with Crippen molar-refractivity contribution in [3.8, 4) is 11.5 Å². The summed E-state index contributed by atoms with van der Waals surface area (Å²) in [5.41, 5.74) is 1.39. The zero-order valence-electron chi connectivity index (χ0n) is 14.0. The van der Waals surface area contributed by atoms with Crippen molar-refractivity contribution in [3.05, 3.63) is 64.0 Å². The van der Waals surface area contributed by atoms with Crippen LogP contribution >= 0.6 is 11.8 Å². The fourth-order valence-electron chi connectivity index (χ4n) is 2.18. The highest BCUT2D eigenvalue weighted by molar-refractivity contribution is 7.99. The Kier molecular flexibility index (Phi) is 5.46. The first kappa shape index (κ1) is 18.5. The van der Waals surface area contributed by atoms with Crippen LogP contribution in [-0.2, 0) is 4.79 Å². The van der Waals surface area contributed by atoms with Crippen LogP contribution in [0.4, 0.5) is 15.8 Å². The average Bonchev–Trinajstić information content (AvgIpc) is 3.11. The number of benzene rings is 2. The van der Waals surface area contributed by atoms with Crippen molar-refractivity contribution >= 4 is 29.0 Å². The highest BCUT2D eigenvalue weighted by atomic mass is 32.2. The molecule has 1 amide bonds. The molecule has 2 aromatic carbocycles. The van der Waals surface area contributed by atoms with E-state index in [0.29, 0.717) is 16.8 Å². The van der Waals surface area contributed by atoms with E-state index in [-0.39, 0.29) is 28.5 Å². The Balaban J connectivity index is 1.62. The second-order valence-electron chi connectivity index (χ2n) is 5.48. The van der Waals surface area contributed by atoms with E-state index in [0.717, 1.165) is 11.8 Å². The molecular formula is C17H13FN4O4S. The van der Waals surface area contributed by atoms with Gasteiger partial charge in [0.25, 0.3) is 10.9 Å². The van der Waals surface area contributed by atoms with E-state index in [1.165, 1.54) is 30.3 Å². The number of nitrogens with one attached hydrogen (secondary N) is 1. The number of halogens is 1. The lowest BCUT2D eigenvalue weighted by molar-refractivity contribution is -0.384. The van der Waals surface area contributed by atoms with Gasteiger partial charge in [-0.1, -0.05) is 23.9 Å². The Bertz CT molecular complexity index is 1010. The third-order valence-corrected chi connectivity index (χ3v) is 4.33. The quantitative estimate of drug-likeness (QED) is 0.388. The van der Waals surface area contributed by atoms with Crippen molar-refractivity contribution < 1.29 is 18.5 Å². The first-order valence-electron chi connectivity index (χ1n) is 7.69. The summed E-state index contributed by atoms with van der Waals surface area (Å²) in [4.78, 5) is 22.4. The molecule has 1 heterocycles. The number of carbonyl (C=O) groups is 1. The molecule has 0 aliphatic carbocycles. The predicted octanol–water partition coefficient (Wildman–Crippen LogP) is 3.82. The second-order valence-corrected chi connectivity index (χ2v) is 6.40. The number of hydrogen-bond acceptors (Lipinski definition) is 7. The number of nitro groups is 1. The van der Waals surface area contributed by atoms with Crippen LogP contribution < -0.4 is 5.32 Å². The van der Waals surface area contributed by atoms with E-state index in [2.05, 4.69) is 15.5 Å². The molecule has 0 saturated carbocycles. The summed E-state index contributed by atoms with van der Waals surface area (Å²) in [6.07, 6.45) is 0. The van der Waals surface area contributed by atoms with Gasteiger partial charge >= 0.3 is 0 Å². The third-order valence-electron chi connectivity index (χ3n) is 3.51. The van der Waals surface area contributed by atoms with Gasteiger partial charge in [0.1, 0.15) is 5.82 Å². The zero-order chi connectivity index (χ0) is 19.4. The summed E-state index contributed by atoms with van der Waals surface area (Å²) in [6, 6.07) is 9.94. The molecule has 138 valence electrons. The standard InChI is InChI=1S/C17H13FN4O4S/c1-10-5-6-13(22(24)25)8-14(10)19-15(23)9-27-17-21-20-16(26-17)11-3-2-4-12(18)7-11/h2-8H,9H2,1H3,(H,19,23). The van der Waals surface area contributed by atoms with Crippen LogP contribution in [0.2, 0.25) is 0 Å². The number of hydrogen-bond donors (Lipinski definition) is 1. The fraction of sp³-hybridized carbons (Fsp3) is 0.118. The number of rotatable bonds is 6. The fourth-order valence-corrected chi connectivity index (χ4v) is 2.74. The molecule has 3 rings (SSSR count). The van der Waals surface area contributed by atoms with Gasteiger partial charge in [0.15, 0.2) is 0 Å². The average molecular weight is 388 g/mol. The molecule has 27 heavy (non-hydrogen) atoms. The van der Waals surface area contributed by atoms with Gasteiger partial charge in [0.2, 0.25) is 11.8 Å². The predicted molar refractivity (Wildman–Crippen MR) is 96.9 cm³/mol. The maximum absolute atomic E-state index is 13.2. The minimum atomic E-state index is -0.532. The van der Waals surface area contributed by atoms with Crippen LogP contribution in [0.15, 0.2) is 52.1 Å². The molecule has 1 aromatic heterocycles. The molecular weight excluding hydrogens is 375 g/mol. The topological polar surface area (TPSA) is 111 Å². The lowest BCUT2D eigenvalue weighted by Gasteiger charge is -2.07. The SMILES string of the molecule is Cc1ccc([N+](=O)[O-])cc1NC(=O)CSc1nnc(-c2cccc(F)c2)o1. The number of aromatic nitrogens is 2. The number of carbonyl (C=O) groups excluding carboxylic acids is 1. The molecule has 0 saturated heterocycles. The number of anilines is 1. The molecule has 0 aliphatic rings. The molecule has 0 aliphatic heterocycles. The number of nitrogens with zero attached hydrogens (tertiary/aromatic N) is 3. The zero-order valence-corrected chi connectivity index (χ0v) is 14.8. The van der Waals surface area contributed by atoms with Crippen LogP contribution in [0.3, 0.4) is 0 Å². The highest BCUT2D eigenvalue weighted by Gasteiger charge is 2.14. The summed E-state index contributed by atoms with van der Waals surface area (Å²) in [7, 11) is 0. The molecule has 0 fully saturated rings. The van der Waals surface area contributed by atoms with Crippen LogP contribution in [-0.4, -0.2) is 26.8 Å². The number of non-ortho nitro benzene ring substituents is 1. The molecule has 3 aromatic rings. The number of aryl methyl sites for hydroxylation is 1. The van der Waals surface area contributed by atoms with Gasteiger partial charge in [-0.2, -0.15) is 0 Å². The van der Waals surface area contributed by atoms with Crippen molar-refractivity contribution in [3.63, 3.8) is 0 Å². The largest absolute Gasteiger partial charge is 0.411 e. The monoisotopic (exact) mass is 388 g/mol.